The van der Waals surface area contributed by atoms with Gasteiger partial charge in [0.25, 0.3) is 0 Å². The van der Waals surface area contributed by atoms with E-state index < -0.39 is 28.9 Å². The lowest BCUT2D eigenvalue weighted by Gasteiger charge is -2.03. The molecule has 0 heterocycles. The van der Waals surface area contributed by atoms with Crippen LogP contribution in [0.3, 0.4) is 0 Å². The summed E-state index contributed by atoms with van der Waals surface area (Å²) in [5, 5.41) is 17.1. The van der Waals surface area contributed by atoms with Gasteiger partial charge in [0.2, 0.25) is 0 Å². The minimum absolute atomic E-state index is 0.390. The average molecular weight is 198 g/mol. The first-order chi connectivity index (χ1) is 6.43. The summed E-state index contributed by atoms with van der Waals surface area (Å²) >= 11 is 0. The number of carboxylic acids is 2. The van der Waals surface area contributed by atoms with E-state index in [0.717, 1.165) is 12.1 Å². The lowest BCUT2D eigenvalue weighted by atomic mass is 10.1. The van der Waals surface area contributed by atoms with Crippen LogP contribution in [0.2, 0.25) is 0 Å². The molecule has 0 bridgehead atoms. The third-order valence-corrected chi connectivity index (χ3v) is 1.68. The largest absolute Gasteiger partial charge is 0.478 e. The molecule has 1 rings (SSSR count). The Kier molecular flexibility index (Phi) is 2.51. The Morgan fingerprint density at radius 3 is 1.79 bits per heavy atom. The van der Waals surface area contributed by atoms with Crippen LogP contribution in [0.1, 0.15) is 26.3 Å². The Morgan fingerprint density at radius 2 is 1.50 bits per heavy atom. The van der Waals surface area contributed by atoms with Gasteiger partial charge < -0.3 is 10.2 Å². The van der Waals surface area contributed by atoms with Crippen molar-refractivity contribution < 1.29 is 24.2 Å². The van der Waals surface area contributed by atoms with E-state index in [1.54, 1.807) is 0 Å². The quantitative estimate of drug-likeness (QED) is 0.755. The molecule has 14 heavy (non-hydrogen) atoms. The first-order valence-corrected chi connectivity index (χ1v) is 3.70. The number of carboxylic acid groups (broad SMARTS) is 2. The third kappa shape index (κ3) is 1.71. The molecule has 0 aliphatic rings. The molecule has 0 fully saturated rings. The fourth-order valence-electron chi connectivity index (χ4n) is 1.08. The number of halogens is 1. The molecule has 0 amide bonds. The van der Waals surface area contributed by atoms with Gasteiger partial charge in [-0.3, -0.25) is 0 Å². The van der Waals surface area contributed by atoms with Gasteiger partial charge in [-0.2, -0.15) is 0 Å². The second-order valence-electron chi connectivity index (χ2n) is 2.78. The summed E-state index contributed by atoms with van der Waals surface area (Å²) in [6.07, 6.45) is 0. The van der Waals surface area contributed by atoms with Crippen LogP contribution in [0, 0.1) is 12.7 Å². The molecule has 4 nitrogen and oxygen atoms in total. The maximum Gasteiger partial charge on any atom is 0.338 e. The number of hydrogen-bond donors (Lipinski definition) is 2. The lowest BCUT2D eigenvalue weighted by molar-refractivity contribution is 0.0687. The van der Waals surface area contributed by atoms with Gasteiger partial charge in [-0.15, -0.1) is 0 Å². The predicted octanol–water partition coefficient (Wildman–Crippen LogP) is 1.53. The van der Waals surface area contributed by atoms with Crippen LogP contribution >= 0.6 is 0 Å². The number of rotatable bonds is 2. The number of hydrogen-bond acceptors (Lipinski definition) is 2. The van der Waals surface area contributed by atoms with Gasteiger partial charge in [0.1, 0.15) is 0 Å². The van der Waals surface area contributed by atoms with Gasteiger partial charge in [-0.05, 0) is 24.6 Å². The molecule has 1 aromatic rings. The maximum atomic E-state index is 13.2. The summed E-state index contributed by atoms with van der Waals surface area (Å²) < 4.78 is 13.2. The number of carbonyl (C=O) groups is 2. The topological polar surface area (TPSA) is 74.6 Å². The molecule has 74 valence electrons. The molecule has 0 aliphatic heterocycles. The molecule has 0 aromatic heterocycles. The number of aryl methyl sites for hydroxylation is 1. The van der Waals surface area contributed by atoms with Crippen molar-refractivity contribution in [2.45, 2.75) is 6.92 Å². The summed E-state index contributed by atoms with van der Waals surface area (Å²) in [4.78, 5) is 21.0. The van der Waals surface area contributed by atoms with E-state index >= 15 is 0 Å². The SMILES string of the molecule is Cc1cc(C(=O)O)c(F)c(C(=O)O)c1. The minimum Gasteiger partial charge on any atom is -0.478 e. The summed E-state index contributed by atoms with van der Waals surface area (Å²) in [5.74, 6) is -4.17. The molecule has 5 heteroatoms. The highest BCUT2D eigenvalue weighted by Crippen LogP contribution is 2.16. The van der Waals surface area contributed by atoms with Crippen LogP contribution in [-0.4, -0.2) is 22.2 Å². The van der Waals surface area contributed by atoms with Crippen molar-refractivity contribution in [1.82, 2.24) is 0 Å². The standard InChI is InChI=1S/C9H7FO4/c1-4-2-5(8(11)12)7(10)6(3-4)9(13)14/h2-3H,1H3,(H,11,12)(H,13,14). The molecule has 0 saturated carbocycles. The second-order valence-corrected chi connectivity index (χ2v) is 2.78. The van der Waals surface area contributed by atoms with Crippen LogP contribution in [-0.2, 0) is 0 Å². The molecule has 1 aromatic carbocycles. The fourth-order valence-corrected chi connectivity index (χ4v) is 1.08. The predicted molar refractivity (Wildman–Crippen MR) is 45.1 cm³/mol. The van der Waals surface area contributed by atoms with Crippen LogP contribution in [0.25, 0.3) is 0 Å². The molecule has 0 unspecified atom stereocenters. The first-order valence-electron chi connectivity index (χ1n) is 3.70. The molecule has 0 aliphatic carbocycles. The van der Waals surface area contributed by atoms with E-state index in [4.69, 9.17) is 10.2 Å². The van der Waals surface area contributed by atoms with Crippen molar-refractivity contribution in [3.05, 3.63) is 34.6 Å². The summed E-state index contributed by atoms with van der Waals surface area (Å²) in [6, 6.07) is 2.17. The third-order valence-electron chi connectivity index (χ3n) is 1.68. The van der Waals surface area contributed by atoms with E-state index in [1.807, 2.05) is 0 Å². The van der Waals surface area contributed by atoms with Crippen molar-refractivity contribution in [1.29, 1.82) is 0 Å². The van der Waals surface area contributed by atoms with E-state index in [0.29, 0.717) is 5.56 Å². The zero-order chi connectivity index (χ0) is 10.9. The lowest BCUT2D eigenvalue weighted by Crippen LogP contribution is -2.08. The number of aromatic carboxylic acids is 2. The van der Waals surface area contributed by atoms with Crippen LogP contribution in [0.5, 0.6) is 0 Å². The van der Waals surface area contributed by atoms with Gasteiger partial charge in [-0.1, -0.05) is 0 Å². The second kappa shape index (κ2) is 3.45. The Balaban J connectivity index is 3.47. The highest BCUT2D eigenvalue weighted by molar-refractivity contribution is 5.94. The van der Waals surface area contributed by atoms with Crippen molar-refractivity contribution in [2.24, 2.45) is 0 Å². The molecular formula is C9H7FO4. The van der Waals surface area contributed by atoms with Crippen molar-refractivity contribution in [3.8, 4) is 0 Å². The molecule has 0 atom stereocenters. The van der Waals surface area contributed by atoms with Gasteiger partial charge in [0, 0.05) is 0 Å². The maximum absolute atomic E-state index is 13.2. The fraction of sp³-hybridized carbons (Fsp3) is 0.111. The molecule has 2 N–H and O–H groups in total. The summed E-state index contributed by atoms with van der Waals surface area (Å²) in [6.45, 7) is 1.50. The first kappa shape index (κ1) is 10.2. The van der Waals surface area contributed by atoms with Crippen LogP contribution in [0.15, 0.2) is 12.1 Å². The molecule has 0 saturated heterocycles. The zero-order valence-electron chi connectivity index (χ0n) is 7.24. The summed E-state index contributed by atoms with van der Waals surface area (Å²) in [7, 11) is 0. The number of benzene rings is 1. The average Bonchev–Trinajstić information content (AvgIpc) is 2.07. The highest BCUT2D eigenvalue weighted by Gasteiger charge is 2.18. The van der Waals surface area contributed by atoms with Crippen LogP contribution in [0.4, 0.5) is 4.39 Å². The molecule has 0 spiro atoms. The van der Waals surface area contributed by atoms with Crippen molar-refractivity contribution >= 4 is 11.9 Å². The Hall–Kier alpha value is -1.91. The van der Waals surface area contributed by atoms with E-state index in [9.17, 15) is 14.0 Å². The van der Waals surface area contributed by atoms with Crippen molar-refractivity contribution in [3.63, 3.8) is 0 Å². The molecule has 0 radical (unpaired) electrons. The van der Waals surface area contributed by atoms with Crippen molar-refractivity contribution in [2.75, 3.05) is 0 Å². The van der Waals surface area contributed by atoms with Gasteiger partial charge >= 0.3 is 11.9 Å². The highest BCUT2D eigenvalue weighted by atomic mass is 19.1. The normalized spacial score (nSPS) is 9.86. The van der Waals surface area contributed by atoms with Gasteiger partial charge in [0.05, 0.1) is 11.1 Å². The Labute approximate surface area is 78.6 Å². The zero-order valence-corrected chi connectivity index (χ0v) is 7.24. The van der Waals surface area contributed by atoms with Crippen LogP contribution < -0.4 is 0 Å². The van der Waals surface area contributed by atoms with Gasteiger partial charge in [-0.25, -0.2) is 14.0 Å². The molecular weight excluding hydrogens is 191 g/mol. The van der Waals surface area contributed by atoms with E-state index in [2.05, 4.69) is 0 Å². The Morgan fingerprint density at radius 1 is 1.14 bits per heavy atom. The van der Waals surface area contributed by atoms with Gasteiger partial charge in [0.15, 0.2) is 5.82 Å². The van der Waals surface area contributed by atoms with E-state index in [1.165, 1.54) is 6.92 Å². The monoisotopic (exact) mass is 198 g/mol. The van der Waals surface area contributed by atoms with E-state index in [-0.39, 0.29) is 0 Å². The Bertz CT molecular complexity index is 376. The minimum atomic E-state index is -1.48. The smallest absolute Gasteiger partial charge is 0.338 e. The summed E-state index contributed by atoms with van der Waals surface area (Å²) in [5.41, 5.74) is -0.856.